The Labute approximate surface area is 107 Å². The van der Waals surface area contributed by atoms with Crippen LogP contribution < -0.4 is 0 Å². The molecule has 0 N–H and O–H groups in total. The van der Waals surface area contributed by atoms with E-state index in [-0.39, 0.29) is 11.8 Å². The molecule has 0 fully saturated rings. The molecule has 0 atom stereocenters. The zero-order valence-electron chi connectivity index (χ0n) is 10.4. The third-order valence-corrected chi connectivity index (χ3v) is 2.89. The number of carbonyl (C=O) groups excluding carboxylic acids is 2. The largest absolute Gasteiger partial charge is 0.273 e. The smallest absolute Gasteiger partial charge is 0.267 e. The maximum atomic E-state index is 11.9. The number of amides is 2. The van der Waals surface area contributed by atoms with Crippen molar-refractivity contribution < 1.29 is 9.59 Å². The molecule has 0 bridgehead atoms. The molecular formula is C15H15NO2. The molecule has 0 spiro atoms. The fourth-order valence-electron chi connectivity index (χ4n) is 1.89. The van der Waals surface area contributed by atoms with E-state index in [0.717, 1.165) is 30.6 Å². The van der Waals surface area contributed by atoms with Gasteiger partial charge in [0, 0.05) is 12.5 Å². The molecule has 0 aliphatic carbocycles. The summed E-state index contributed by atoms with van der Waals surface area (Å²) in [5, 5.41) is 0. The van der Waals surface area contributed by atoms with Gasteiger partial charge in [0.2, 0.25) is 0 Å². The van der Waals surface area contributed by atoms with Gasteiger partial charge in [-0.2, -0.15) is 4.90 Å². The third kappa shape index (κ3) is 2.28. The first kappa shape index (κ1) is 12.4. The molecule has 0 radical (unpaired) electrons. The number of hydrogen-bond donors (Lipinski definition) is 0. The van der Waals surface area contributed by atoms with E-state index >= 15 is 0 Å². The van der Waals surface area contributed by atoms with Crippen LogP contribution in [0.2, 0.25) is 0 Å². The topological polar surface area (TPSA) is 37.4 Å². The first-order valence-corrected chi connectivity index (χ1v) is 6.22. The monoisotopic (exact) mass is 241 g/mol. The van der Waals surface area contributed by atoms with Crippen LogP contribution in [0.25, 0.3) is 0 Å². The molecule has 1 aliphatic rings. The molecule has 92 valence electrons. The van der Waals surface area contributed by atoms with Crippen molar-refractivity contribution in [2.24, 2.45) is 0 Å². The summed E-state index contributed by atoms with van der Waals surface area (Å²) in [6.45, 7) is 2.12. The lowest BCUT2D eigenvalue weighted by Gasteiger charge is -2.02. The summed E-state index contributed by atoms with van der Waals surface area (Å²) in [6.07, 6.45) is 3.99. The van der Waals surface area contributed by atoms with Gasteiger partial charge in [0.25, 0.3) is 11.8 Å². The Balaban J connectivity index is 2.09. The van der Waals surface area contributed by atoms with Crippen molar-refractivity contribution in [3.8, 4) is 12.0 Å². The van der Waals surface area contributed by atoms with Crippen molar-refractivity contribution in [2.45, 2.75) is 32.6 Å². The summed E-state index contributed by atoms with van der Waals surface area (Å²) in [5.74, 6) is 2.28. The molecular weight excluding hydrogens is 226 g/mol. The average molecular weight is 241 g/mol. The Morgan fingerprint density at radius 3 is 2.22 bits per heavy atom. The van der Waals surface area contributed by atoms with Gasteiger partial charge in [0.05, 0.1) is 11.1 Å². The van der Waals surface area contributed by atoms with E-state index in [1.165, 1.54) is 0 Å². The quantitative estimate of drug-likeness (QED) is 0.463. The van der Waals surface area contributed by atoms with Crippen LogP contribution in [-0.2, 0) is 0 Å². The first-order valence-electron chi connectivity index (χ1n) is 6.22. The molecule has 0 saturated carbocycles. The summed E-state index contributed by atoms with van der Waals surface area (Å²) >= 11 is 0. The fraction of sp³-hybridized carbons (Fsp3) is 0.333. The van der Waals surface area contributed by atoms with Crippen molar-refractivity contribution in [1.29, 1.82) is 0 Å². The molecule has 3 nitrogen and oxygen atoms in total. The van der Waals surface area contributed by atoms with Crippen LogP contribution in [0, 0.1) is 12.0 Å². The van der Waals surface area contributed by atoms with Crippen molar-refractivity contribution in [3.05, 3.63) is 35.4 Å². The van der Waals surface area contributed by atoms with Crippen LogP contribution >= 0.6 is 0 Å². The predicted molar refractivity (Wildman–Crippen MR) is 68.9 cm³/mol. The Kier molecular flexibility index (Phi) is 3.78. The molecule has 1 heterocycles. The van der Waals surface area contributed by atoms with Gasteiger partial charge in [-0.1, -0.05) is 37.8 Å². The van der Waals surface area contributed by atoms with Crippen molar-refractivity contribution in [3.63, 3.8) is 0 Å². The number of rotatable bonds is 3. The Bertz CT molecular complexity index is 502. The third-order valence-electron chi connectivity index (χ3n) is 2.89. The van der Waals surface area contributed by atoms with Gasteiger partial charge >= 0.3 is 0 Å². The van der Waals surface area contributed by atoms with E-state index in [2.05, 4.69) is 18.9 Å². The van der Waals surface area contributed by atoms with Crippen molar-refractivity contribution >= 4 is 11.8 Å². The zero-order valence-corrected chi connectivity index (χ0v) is 10.4. The van der Waals surface area contributed by atoms with Crippen molar-refractivity contribution in [2.75, 3.05) is 0 Å². The van der Waals surface area contributed by atoms with E-state index in [1.54, 1.807) is 24.3 Å². The number of hydrogen-bond acceptors (Lipinski definition) is 2. The van der Waals surface area contributed by atoms with E-state index < -0.39 is 0 Å². The number of carbonyl (C=O) groups is 2. The van der Waals surface area contributed by atoms with Gasteiger partial charge in [-0.15, -0.1) is 0 Å². The van der Waals surface area contributed by atoms with Crippen molar-refractivity contribution in [1.82, 2.24) is 4.90 Å². The van der Waals surface area contributed by atoms with E-state index in [0.29, 0.717) is 11.1 Å². The Hall–Kier alpha value is -2.08. The lowest BCUT2D eigenvalue weighted by Crippen LogP contribution is -2.24. The SMILES string of the molecule is CCCCCC#CN1C(=O)c2ccccc2C1=O. The highest BCUT2D eigenvalue weighted by molar-refractivity contribution is 6.22. The van der Waals surface area contributed by atoms with Gasteiger partial charge in [0.1, 0.15) is 0 Å². The number of imide groups is 1. The molecule has 2 amide bonds. The minimum absolute atomic E-state index is 0.307. The van der Waals surface area contributed by atoms with Gasteiger partial charge in [-0.3, -0.25) is 9.59 Å². The minimum atomic E-state index is -0.307. The Morgan fingerprint density at radius 1 is 1.06 bits per heavy atom. The summed E-state index contributed by atoms with van der Waals surface area (Å²) in [5.41, 5.74) is 0.899. The highest BCUT2D eigenvalue weighted by atomic mass is 16.2. The summed E-state index contributed by atoms with van der Waals surface area (Å²) in [7, 11) is 0. The zero-order chi connectivity index (χ0) is 13.0. The maximum Gasteiger partial charge on any atom is 0.273 e. The molecule has 0 aromatic heterocycles. The summed E-state index contributed by atoms with van der Waals surface area (Å²) < 4.78 is 0. The van der Waals surface area contributed by atoms with E-state index in [4.69, 9.17) is 0 Å². The lowest BCUT2D eigenvalue weighted by atomic mass is 10.1. The van der Waals surface area contributed by atoms with Gasteiger partial charge in [-0.05, 0) is 18.6 Å². The Morgan fingerprint density at radius 2 is 1.67 bits per heavy atom. The minimum Gasteiger partial charge on any atom is -0.267 e. The summed E-state index contributed by atoms with van der Waals surface area (Å²) in [6, 6.07) is 9.50. The second-order valence-corrected chi connectivity index (χ2v) is 4.24. The van der Waals surface area contributed by atoms with Crippen LogP contribution in [0.5, 0.6) is 0 Å². The van der Waals surface area contributed by atoms with Crippen LogP contribution in [0.3, 0.4) is 0 Å². The van der Waals surface area contributed by atoms with Crippen LogP contribution in [0.1, 0.15) is 53.3 Å². The normalized spacial score (nSPS) is 13.3. The molecule has 3 heteroatoms. The number of unbranched alkanes of at least 4 members (excludes halogenated alkanes) is 3. The standard InChI is InChI=1S/C15H15NO2/c1-2-3-4-5-8-11-16-14(17)12-9-6-7-10-13(12)15(16)18/h6-7,9-10H,2-5H2,1H3. The predicted octanol–water partition coefficient (Wildman–Crippen LogP) is 2.82. The van der Waals surface area contributed by atoms with E-state index in [1.807, 2.05) is 0 Å². The first-order chi connectivity index (χ1) is 8.75. The van der Waals surface area contributed by atoms with Gasteiger partial charge in [0.15, 0.2) is 0 Å². The molecule has 2 rings (SSSR count). The second kappa shape index (κ2) is 5.50. The van der Waals surface area contributed by atoms with Gasteiger partial charge < -0.3 is 0 Å². The number of fused-ring (bicyclic) bond motifs is 1. The molecule has 1 aromatic rings. The molecule has 1 aromatic carbocycles. The number of benzene rings is 1. The number of nitrogens with zero attached hydrogens (tertiary/aromatic N) is 1. The summed E-state index contributed by atoms with van der Waals surface area (Å²) in [4.78, 5) is 24.9. The second-order valence-electron chi connectivity index (χ2n) is 4.24. The van der Waals surface area contributed by atoms with Gasteiger partial charge in [-0.25, -0.2) is 0 Å². The molecule has 0 saturated heterocycles. The molecule has 1 aliphatic heterocycles. The average Bonchev–Trinajstić information content (AvgIpc) is 2.64. The highest BCUT2D eigenvalue weighted by Crippen LogP contribution is 2.21. The highest BCUT2D eigenvalue weighted by Gasteiger charge is 2.34. The van der Waals surface area contributed by atoms with Crippen LogP contribution in [0.15, 0.2) is 24.3 Å². The lowest BCUT2D eigenvalue weighted by molar-refractivity contribution is 0.0735. The van der Waals surface area contributed by atoms with E-state index in [9.17, 15) is 9.59 Å². The maximum absolute atomic E-state index is 11.9. The van der Waals surface area contributed by atoms with Crippen LogP contribution in [-0.4, -0.2) is 16.7 Å². The molecule has 0 unspecified atom stereocenters. The van der Waals surface area contributed by atoms with Crippen LogP contribution in [0.4, 0.5) is 0 Å². The molecule has 18 heavy (non-hydrogen) atoms. The fourth-order valence-corrected chi connectivity index (χ4v) is 1.89.